The number of ether oxygens (including phenoxy) is 2. The van der Waals surface area contributed by atoms with Crippen LogP contribution in [-0.4, -0.2) is 34.0 Å². The minimum atomic E-state index is 0.0295. The first kappa shape index (κ1) is 24.1. The Bertz CT molecular complexity index is 1120. The highest BCUT2D eigenvalue weighted by atomic mass is 16.7. The van der Waals surface area contributed by atoms with Crippen molar-refractivity contribution in [1.82, 2.24) is 15.0 Å². The molecular weight excluding hydrogens is 436 g/mol. The maximum atomic E-state index is 6.24. The monoisotopic (exact) mass is 474 g/mol. The second kappa shape index (κ2) is 11.0. The van der Waals surface area contributed by atoms with Gasteiger partial charge in [0, 0.05) is 31.0 Å². The highest BCUT2D eigenvalue weighted by Gasteiger charge is 2.28. The summed E-state index contributed by atoms with van der Waals surface area (Å²) in [5.74, 6) is 2.74. The van der Waals surface area contributed by atoms with Crippen LogP contribution in [-0.2, 0) is 15.9 Å². The Hall–Kier alpha value is -2.57. The van der Waals surface area contributed by atoms with Crippen molar-refractivity contribution in [2.45, 2.75) is 84.0 Å². The van der Waals surface area contributed by atoms with Crippen molar-refractivity contribution in [2.24, 2.45) is 11.8 Å². The summed E-state index contributed by atoms with van der Waals surface area (Å²) < 4.78 is 12.0. The maximum absolute atomic E-state index is 6.24. The first-order valence-electron chi connectivity index (χ1n) is 13.3. The first-order chi connectivity index (χ1) is 17.1. The van der Waals surface area contributed by atoms with Gasteiger partial charge >= 0.3 is 0 Å². The molecule has 186 valence electrons. The van der Waals surface area contributed by atoms with Crippen molar-refractivity contribution < 1.29 is 9.47 Å². The number of nitrogens with two attached hydrogens (primary N) is 1. The van der Waals surface area contributed by atoms with E-state index in [1.54, 1.807) is 0 Å². The molecule has 6 heteroatoms. The van der Waals surface area contributed by atoms with Crippen LogP contribution in [0.2, 0.25) is 0 Å². The van der Waals surface area contributed by atoms with Crippen LogP contribution >= 0.6 is 0 Å². The average molecular weight is 475 g/mol. The molecule has 3 aromatic rings. The van der Waals surface area contributed by atoms with Gasteiger partial charge in [-0.3, -0.25) is 0 Å². The molecule has 0 spiro atoms. The number of anilines is 1. The van der Waals surface area contributed by atoms with E-state index >= 15 is 0 Å². The summed E-state index contributed by atoms with van der Waals surface area (Å²) in [4.78, 5) is 14.0. The van der Waals surface area contributed by atoms with Gasteiger partial charge in [0.1, 0.15) is 11.6 Å². The lowest BCUT2D eigenvalue weighted by Gasteiger charge is -2.35. The molecule has 2 unspecified atom stereocenters. The Labute approximate surface area is 208 Å². The Balaban J connectivity index is 1.20. The quantitative estimate of drug-likeness (QED) is 0.435. The normalized spacial score (nSPS) is 23.9. The molecular formula is C29H38N4O2. The number of nitrogens with zero attached hydrogens (tertiary/aromatic N) is 3. The topological polar surface area (TPSA) is 83.2 Å². The van der Waals surface area contributed by atoms with E-state index in [9.17, 15) is 0 Å². The van der Waals surface area contributed by atoms with E-state index in [4.69, 9.17) is 20.2 Å². The second-order valence-corrected chi connectivity index (χ2v) is 10.5. The SMILES string of the molecule is Cc1ccc(-c2cnc(N)c3cnc(CCC(C)[C@H]4CC[C@H](OC5CCCCO5)CC4)nc23)cc1. The number of benzene rings is 1. The van der Waals surface area contributed by atoms with E-state index in [0.717, 1.165) is 72.5 Å². The van der Waals surface area contributed by atoms with Gasteiger partial charge in [-0.15, -0.1) is 0 Å². The molecule has 0 amide bonds. The summed E-state index contributed by atoms with van der Waals surface area (Å²) in [5.41, 5.74) is 10.4. The molecule has 1 saturated carbocycles. The number of hydrogen-bond acceptors (Lipinski definition) is 6. The van der Waals surface area contributed by atoms with Crippen molar-refractivity contribution in [2.75, 3.05) is 12.3 Å². The molecule has 2 atom stereocenters. The van der Waals surface area contributed by atoms with Crippen LogP contribution in [0.4, 0.5) is 5.82 Å². The van der Waals surface area contributed by atoms with Gasteiger partial charge in [0.05, 0.1) is 17.0 Å². The van der Waals surface area contributed by atoms with Crippen molar-refractivity contribution in [3.8, 4) is 11.1 Å². The third kappa shape index (κ3) is 5.81. The Morgan fingerprint density at radius 2 is 1.83 bits per heavy atom. The fourth-order valence-electron chi connectivity index (χ4n) is 5.56. The van der Waals surface area contributed by atoms with Crippen LogP contribution in [0.15, 0.2) is 36.7 Å². The summed E-state index contributed by atoms with van der Waals surface area (Å²) in [7, 11) is 0. The maximum Gasteiger partial charge on any atom is 0.157 e. The predicted molar refractivity (Wildman–Crippen MR) is 140 cm³/mol. The largest absolute Gasteiger partial charge is 0.383 e. The van der Waals surface area contributed by atoms with Crippen molar-refractivity contribution in [3.63, 3.8) is 0 Å². The minimum absolute atomic E-state index is 0.0295. The fraction of sp³-hybridized carbons (Fsp3) is 0.552. The predicted octanol–water partition coefficient (Wildman–Crippen LogP) is 6.25. The molecule has 2 aliphatic rings. The summed E-state index contributed by atoms with van der Waals surface area (Å²) in [6.07, 6.45) is 14.2. The molecule has 1 saturated heterocycles. The molecule has 5 rings (SSSR count). The fourth-order valence-corrected chi connectivity index (χ4v) is 5.56. The number of hydrogen-bond donors (Lipinski definition) is 1. The van der Waals surface area contributed by atoms with Gasteiger partial charge in [-0.05, 0) is 75.7 Å². The average Bonchev–Trinajstić information content (AvgIpc) is 2.89. The number of pyridine rings is 1. The summed E-state index contributed by atoms with van der Waals surface area (Å²) in [6.45, 7) is 5.33. The molecule has 1 aliphatic carbocycles. The molecule has 1 aromatic carbocycles. The molecule has 0 radical (unpaired) electrons. The number of nitrogen functional groups attached to an aromatic ring is 1. The third-order valence-corrected chi connectivity index (χ3v) is 7.89. The molecule has 3 heterocycles. The molecule has 2 aromatic heterocycles. The zero-order valence-electron chi connectivity index (χ0n) is 21.1. The van der Waals surface area contributed by atoms with E-state index in [1.165, 1.54) is 31.2 Å². The van der Waals surface area contributed by atoms with Gasteiger partial charge in [-0.2, -0.15) is 0 Å². The lowest BCUT2D eigenvalue weighted by atomic mass is 9.78. The van der Waals surface area contributed by atoms with Crippen molar-refractivity contribution >= 4 is 16.7 Å². The smallest absolute Gasteiger partial charge is 0.157 e. The van der Waals surface area contributed by atoms with Crippen LogP contribution in [0.5, 0.6) is 0 Å². The van der Waals surface area contributed by atoms with Crippen molar-refractivity contribution in [1.29, 1.82) is 0 Å². The summed E-state index contributed by atoms with van der Waals surface area (Å²) in [6, 6.07) is 8.46. The van der Waals surface area contributed by atoms with E-state index < -0.39 is 0 Å². The zero-order chi connectivity index (χ0) is 24.2. The third-order valence-electron chi connectivity index (χ3n) is 7.89. The van der Waals surface area contributed by atoms with Gasteiger partial charge < -0.3 is 15.2 Å². The Morgan fingerprint density at radius 3 is 2.57 bits per heavy atom. The van der Waals surface area contributed by atoms with Gasteiger partial charge in [-0.25, -0.2) is 15.0 Å². The van der Waals surface area contributed by atoms with Crippen LogP contribution in [0.1, 0.15) is 69.7 Å². The molecule has 35 heavy (non-hydrogen) atoms. The lowest BCUT2D eigenvalue weighted by Crippen LogP contribution is -2.31. The van der Waals surface area contributed by atoms with Crippen LogP contribution in [0.3, 0.4) is 0 Å². The second-order valence-electron chi connectivity index (χ2n) is 10.5. The number of aromatic nitrogens is 3. The summed E-state index contributed by atoms with van der Waals surface area (Å²) >= 11 is 0. The van der Waals surface area contributed by atoms with E-state index in [0.29, 0.717) is 17.8 Å². The minimum Gasteiger partial charge on any atom is -0.383 e. The zero-order valence-corrected chi connectivity index (χ0v) is 21.1. The van der Waals surface area contributed by atoms with E-state index in [1.807, 2.05) is 12.4 Å². The molecule has 0 bridgehead atoms. The van der Waals surface area contributed by atoms with Gasteiger partial charge in [0.25, 0.3) is 0 Å². The molecule has 6 nitrogen and oxygen atoms in total. The number of rotatable bonds is 7. The van der Waals surface area contributed by atoms with Gasteiger partial charge in [0.2, 0.25) is 0 Å². The first-order valence-corrected chi connectivity index (χ1v) is 13.3. The highest BCUT2D eigenvalue weighted by molar-refractivity contribution is 5.98. The molecule has 2 N–H and O–H groups in total. The summed E-state index contributed by atoms with van der Waals surface area (Å²) in [5, 5.41) is 0.820. The highest BCUT2D eigenvalue weighted by Crippen LogP contribution is 2.35. The molecule has 2 fully saturated rings. The van der Waals surface area contributed by atoms with Gasteiger partial charge in [0.15, 0.2) is 6.29 Å². The van der Waals surface area contributed by atoms with Crippen molar-refractivity contribution in [3.05, 3.63) is 48.0 Å². The van der Waals surface area contributed by atoms with Crippen LogP contribution in [0, 0.1) is 18.8 Å². The Kier molecular flexibility index (Phi) is 7.59. The number of aryl methyl sites for hydroxylation is 2. The Morgan fingerprint density at radius 1 is 1.03 bits per heavy atom. The van der Waals surface area contributed by atoms with Gasteiger partial charge in [-0.1, -0.05) is 36.8 Å². The standard InChI is InChI=1S/C29H38N4O2/c1-19-6-9-22(10-7-19)24-17-32-29(30)25-18-31-26(33-28(24)25)15-8-20(2)21-11-13-23(14-12-21)35-27-5-3-4-16-34-27/h6-7,9-10,17-18,20-21,23,27H,3-5,8,11-16H2,1-2H3,(H2,30,32)/t20?,21-,23-,27?. The lowest BCUT2D eigenvalue weighted by molar-refractivity contribution is -0.195. The van der Waals surface area contributed by atoms with Crippen LogP contribution in [0.25, 0.3) is 22.0 Å². The number of fused-ring (bicyclic) bond motifs is 1. The van der Waals surface area contributed by atoms with E-state index in [-0.39, 0.29) is 6.29 Å². The van der Waals surface area contributed by atoms with E-state index in [2.05, 4.69) is 48.1 Å². The van der Waals surface area contributed by atoms with Crippen LogP contribution < -0.4 is 5.73 Å². The molecule has 1 aliphatic heterocycles.